The predicted octanol–water partition coefficient (Wildman–Crippen LogP) is 19.8. The third-order valence-corrected chi connectivity index (χ3v) is 17.2. The number of aromatic nitrogens is 1. The molecule has 7 rings (SSSR count). The molecule has 3 aromatic heterocycles. The summed E-state index contributed by atoms with van der Waals surface area (Å²) >= 11 is 11.9. The Labute approximate surface area is 573 Å². The number of furan rings is 2. The van der Waals surface area contributed by atoms with Gasteiger partial charge >= 0.3 is 47.8 Å². The number of fused-ring (bicyclic) bond motifs is 1. The van der Waals surface area contributed by atoms with Crippen molar-refractivity contribution in [2.45, 2.75) is 238 Å². The highest BCUT2D eigenvalue weighted by Gasteiger charge is 2.38. The highest BCUT2D eigenvalue weighted by atomic mass is 35.5. The number of carbonyl (C=O) groups excluding carboxylic acids is 8. The van der Waals surface area contributed by atoms with Gasteiger partial charge in [0.15, 0.2) is 12.3 Å². The van der Waals surface area contributed by atoms with E-state index in [1.165, 1.54) is 122 Å². The monoisotopic (exact) mass is 1370 g/mol. The van der Waals surface area contributed by atoms with Gasteiger partial charge in [0.2, 0.25) is 11.5 Å². The van der Waals surface area contributed by atoms with E-state index in [4.69, 9.17) is 46.2 Å². The van der Waals surface area contributed by atoms with E-state index in [1.807, 2.05) is 36.4 Å². The number of rotatable bonds is 40. The molecule has 1 aliphatic heterocycles. The lowest BCUT2D eigenvalue weighted by molar-refractivity contribution is -0.145. The molecule has 96 heavy (non-hydrogen) atoms. The molecule has 0 aliphatic carbocycles. The van der Waals surface area contributed by atoms with Crippen molar-refractivity contribution in [1.82, 2.24) is 4.57 Å². The number of methoxy groups -OCH3 is 1. The summed E-state index contributed by atoms with van der Waals surface area (Å²) in [6, 6.07) is 27.1. The zero-order chi connectivity index (χ0) is 69.3. The molecule has 0 saturated heterocycles. The Kier molecular flexibility index (Phi) is 37.6. The van der Waals surface area contributed by atoms with E-state index in [2.05, 4.69) is 23.3 Å². The summed E-state index contributed by atoms with van der Waals surface area (Å²) in [6.45, 7) is 4.87. The van der Waals surface area contributed by atoms with Gasteiger partial charge in [0, 0.05) is 22.3 Å². The number of hydrogen-bond acceptors (Lipinski definition) is 15. The number of alkyl halides is 2. The molecule has 0 spiro atoms. The molecule has 20 heteroatoms. The van der Waals surface area contributed by atoms with Gasteiger partial charge in [0.1, 0.15) is 11.3 Å². The molecule has 0 amide bonds. The van der Waals surface area contributed by atoms with Crippen LogP contribution in [0.2, 0.25) is 10.0 Å². The Morgan fingerprint density at radius 1 is 0.469 bits per heavy atom. The average Bonchev–Trinajstić information content (AvgIpc) is 1.59. The number of halogens is 4. The summed E-state index contributed by atoms with van der Waals surface area (Å²) in [5.41, 5.74) is 2.31. The van der Waals surface area contributed by atoms with Gasteiger partial charge in [-0.2, -0.15) is 0 Å². The Morgan fingerprint density at radius 2 is 0.854 bits per heavy atom. The normalized spacial score (nSPS) is 12.0. The molecule has 0 radical (unpaired) electrons. The maximum absolute atomic E-state index is 15.1. The second kappa shape index (κ2) is 45.7. The van der Waals surface area contributed by atoms with E-state index in [9.17, 15) is 38.4 Å². The fraction of sp³-hybridized carbons (Fsp3) is 0.500. The minimum absolute atomic E-state index is 0.00564. The van der Waals surface area contributed by atoms with E-state index in [-0.39, 0.29) is 54.0 Å². The molecule has 16 nitrogen and oxygen atoms in total. The molecule has 2 atom stereocenters. The van der Waals surface area contributed by atoms with Crippen LogP contribution in [0.15, 0.2) is 118 Å². The van der Waals surface area contributed by atoms with Gasteiger partial charge in [0.25, 0.3) is 0 Å². The standard InChI is InChI=1S/C48H73F2NO7.2C14H11ClO4/c1-4-6-8-10-12-14-16-18-20-22-24-26-29-39(49)45(52)57-47(54)42-41-31-28-36-51(41)44(37-32-34-38(56-3)35-33-37)43(42)48(55)58-46(53)40(50)30-27-25-23-21-19-17-15-13-11-9-7-5-2;2*15-11-5-2-1-4-10(11)7-8-13(16)19-14(17)12-6-3-9-18-12/h32-35,39-40H,4-31,36H2,1-3H3;2*1-6,9H,7-8H2. The molecule has 3 aromatic carbocycles. The number of nitrogens with zero attached hydrogens (tertiary/aromatic N) is 1. The Morgan fingerprint density at radius 3 is 1.23 bits per heavy atom. The van der Waals surface area contributed by atoms with Crippen LogP contribution < -0.4 is 4.74 Å². The Hall–Kier alpha value is -7.70. The van der Waals surface area contributed by atoms with Crippen LogP contribution in [0, 0.1) is 0 Å². The molecule has 6 aromatic rings. The van der Waals surface area contributed by atoms with Gasteiger partial charge in [-0.3, -0.25) is 9.59 Å². The van der Waals surface area contributed by atoms with E-state index in [0.29, 0.717) is 72.1 Å². The Bertz CT molecular complexity index is 3200. The van der Waals surface area contributed by atoms with Gasteiger partial charge in [-0.25, -0.2) is 37.5 Å². The SMILES string of the molecule is CCCCCCCCCCCCCCC(F)C(=O)OC(=O)c1c(C(=O)OC(=O)C(F)CCCCCCCCCCCCCC)c(-c2ccc(OC)cc2)n2c1CCC2.O=C(CCc1ccccc1Cl)OC(=O)c1ccco1.O=C(CCc1ccccc1Cl)OC(=O)c1ccco1. The van der Waals surface area contributed by atoms with Crippen molar-refractivity contribution in [3.63, 3.8) is 0 Å². The summed E-state index contributed by atoms with van der Waals surface area (Å²) in [4.78, 5) is 99.2. The molecule has 522 valence electrons. The fourth-order valence-electron chi connectivity index (χ4n) is 11.1. The second-order valence-electron chi connectivity index (χ2n) is 23.9. The highest BCUT2D eigenvalue weighted by Crippen LogP contribution is 2.38. The van der Waals surface area contributed by atoms with Crippen LogP contribution in [0.25, 0.3) is 11.3 Å². The smallest absolute Gasteiger partial charge is 0.381 e. The Balaban J connectivity index is 0.000000350. The van der Waals surface area contributed by atoms with Gasteiger partial charge in [-0.05, 0) is 129 Å². The summed E-state index contributed by atoms with van der Waals surface area (Å²) in [6.07, 6.45) is 27.1. The molecule has 1 aliphatic rings. The number of esters is 8. The molecule has 0 N–H and O–H groups in total. The van der Waals surface area contributed by atoms with Crippen LogP contribution in [0.1, 0.15) is 259 Å². The maximum Gasteiger partial charge on any atom is 0.381 e. The number of hydrogen-bond donors (Lipinski definition) is 0. The molecule has 0 saturated carbocycles. The van der Waals surface area contributed by atoms with Crippen molar-refractivity contribution in [2.24, 2.45) is 0 Å². The number of aryl methyl sites for hydroxylation is 2. The van der Waals surface area contributed by atoms with Gasteiger partial charge in [-0.15, -0.1) is 0 Å². The summed E-state index contributed by atoms with van der Waals surface area (Å²) in [7, 11) is 1.52. The van der Waals surface area contributed by atoms with E-state index < -0.39 is 60.1 Å². The number of benzene rings is 3. The lowest BCUT2D eigenvalue weighted by Crippen LogP contribution is -2.26. The van der Waals surface area contributed by atoms with Crippen molar-refractivity contribution in [2.75, 3.05) is 7.11 Å². The van der Waals surface area contributed by atoms with Crippen LogP contribution in [0.4, 0.5) is 8.78 Å². The molecule has 2 unspecified atom stereocenters. The lowest BCUT2D eigenvalue weighted by atomic mass is 10.0. The minimum Gasteiger partial charge on any atom is -0.497 e. The number of ether oxygens (including phenoxy) is 5. The third-order valence-electron chi connectivity index (χ3n) is 16.4. The van der Waals surface area contributed by atoms with Crippen LogP contribution in [0.5, 0.6) is 5.75 Å². The predicted molar refractivity (Wildman–Crippen MR) is 365 cm³/mol. The highest BCUT2D eigenvalue weighted by molar-refractivity contribution is 6.31. The first-order valence-corrected chi connectivity index (χ1v) is 35.1. The first-order valence-electron chi connectivity index (χ1n) is 34.3. The topological polar surface area (TPSA) is 214 Å². The zero-order valence-electron chi connectivity index (χ0n) is 56.0. The maximum atomic E-state index is 15.1. The summed E-state index contributed by atoms with van der Waals surface area (Å²) in [5.74, 6) is -7.28. The lowest BCUT2D eigenvalue weighted by Gasteiger charge is -2.12. The minimum atomic E-state index is -2.02. The van der Waals surface area contributed by atoms with Crippen LogP contribution >= 0.6 is 23.2 Å². The quantitative estimate of drug-likeness (QED) is 0.0151. The fourth-order valence-corrected chi connectivity index (χ4v) is 11.6. The summed E-state index contributed by atoms with van der Waals surface area (Å²) in [5, 5.41) is 1.18. The van der Waals surface area contributed by atoms with Gasteiger partial charge in [0.05, 0.1) is 43.7 Å². The number of unbranched alkanes of at least 4 members (excludes halogenated alkanes) is 22. The average molecular weight is 1370 g/mol. The van der Waals surface area contributed by atoms with Crippen LogP contribution in [-0.2, 0) is 63.9 Å². The van der Waals surface area contributed by atoms with Gasteiger partial charge < -0.3 is 37.1 Å². The molecule has 4 heterocycles. The van der Waals surface area contributed by atoms with Crippen molar-refractivity contribution in [3.8, 4) is 17.0 Å². The van der Waals surface area contributed by atoms with Crippen LogP contribution in [0.3, 0.4) is 0 Å². The largest absolute Gasteiger partial charge is 0.497 e. The molecular formula is C76H95Cl2F2NO15. The first-order chi connectivity index (χ1) is 46.6. The van der Waals surface area contributed by atoms with E-state index >= 15 is 8.78 Å². The molecule has 0 fully saturated rings. The molecule has 0 bridgehead atoms. The van der Waals surface area contributed by atoms with Crippen molar-refractivity contribution < 1.29 is 79.7 Å². The molecular weight excluding hydrogens is 1280 g/mol. The van der Waals surface area contributed by atoms with Crippen LogP contribution in [-0.4, -0.2) is 71.8 Å². The van der Waals surface area contributed by atoms with Crippen molar-refractivity contribution in [3.05, 3.63) is 159 Å². The summed E-state index contributed by atoms with van der Waals surface area (Å²) < 4.78 is 66.3. The third kappa shape index (κ3) is 28.6. The van der Waals surface area contributed by atoms with E-state index in [0.717, 1.165) is 62.5 Å². The zero-order valence-corrected chi connectivity index (χ0v) is 57.5. The van der Waals surface area contributed by atoms with Gasteiger partial charge in [-0.1, -0.05) is 215 Å². The van der Waals surface area contributed by atoms with E-state index in [1.54, 1.807) is 53.1 Å². The van der Waals surface area contributed by atoms with Crippen molar-refractivity contribution >= 4 is 71.0 Å². The van der Waals surface area contributed by atoms with Crippen molar-refractivity contribution in [1.29, 1.82) is 0 Å². The second-order valence-corrected chi connectivity index (χ2v) is 24.7. The first kappa shape index (κ1) is 79.0. The number of carbonyl (C=O) groups is 8.